The second-order valence-electron chi connectivity index (χ2n) is 5.41. The van der Waals surface area contributed by atoms with Crippen LogP contribution in [0.4, 0.5) is 0 Å². The Labute approximate surface area is 140 Å². The molecular formula is C17H21N3O4. The number of carbonyl (C=O) groups is 2. The summed E-state index contributed by atoms with van der Waals surface area (Å²) in [6.07, 6.45) is 1.64. The highest BCUT2D eigenvalue weighted by Gasteiger charge is 2.10. The molecule has 2 aromatic rings. The first-order valence-corrected chi connectivity index (χ1v) is 7.81. The van der Waals surface area contributed by atoms with Crippen LogP contribution in [-0.2, 0) is 20.7 Å². The number of ether oxygens (including phenoxy) is 1. The number of hydrogen-bond acceptors (Lipinski definition) is 6. The van der Waals surface area contributed by atoms with Crippen LogP contribution in [0, 0.1) is 6.92 Å². The lowest BCUT2D eigenvalue weighted by Gasteiger charge is -2.03. The molecule has 0 atom stereocenters. The molecule has 0 fully saturated rings. The molecule has 0 saturated carbocycles. The molecule has 1 amide bonds. The Morgan fingerprint density at radius 2 is 1.96 bits per heavy atom. The van der Waals surface area contributed by atoms with Crippen molar-refractivity contribution in [3.63, 3.8) is 0 Å². The summed E-state index contributed by atoms with van der Waals surface area (Å²) in [7, 11) is 1.32. The third-order valence-electron chi connectivity index (χ3n) is 3.45. The molecule has 0 saturated heterocycles. The molecule has 0 radical (unpaired) electrons. The highest BCUT2D eigenvalue weighted by molar-refractivity contribution is 5.77. The van der Waals surface area contributed by atoms with Gasteiger partial charge in [-0.3, -0.25) is 9.59 Å². The Kier molecular flexibility index (Phi) is 6.48. The van der Waals surface area contributed by atoms with Crippen LogP contribution in [0.2, 0.25) is 0 Å². The van der Waals surface area contributed by atoms with Crippen LogP contribution in [-0.4, -0.2) is 35.7 Å². The first-order valence-electron chi connectivity index (χ1n) is 7.81. The van der Waals surface area contributed by atoms with E-state index in [1.54, 1.807) is 0 Å². The van der Waals surface area contributed by atoms with Crippen molar-refractivity contribution in [3.8, 4) is 11.4 Å². The molecule has 24 heavy (non-hydrogen) atoms. The number of hydrogen-bond donors (Lipinski definition) is 1. The quantitative estimate of drug-likeness (QED) is 0.744. The highest BCUT2D eigenvalue weighted by atomic mass is 16.5. The van der Waals surface area contributed by atoms with E-state index in [1.807, 2.05) is 31.2 Å². The van der Waals surface area contributed by atoms with E-state index in [9.17, 15) is 9.59 Å². The maximum Gasteiger partial charge on any atom is 0.307 e. The Morgan fingerprint density at radius 1 is 1.21 bits per heavy atom. The summed E-state index contributed by atoms with van der Waals surface area (Å²) in [6, 6.07) is 7.87. The van der Waals surface area contributed by atoms with Gasteiger partial charge in [-0.25, -0.2) is 0 Å². The van der Waals surface area contributed by atoms with Crippen LogP contribution in [0.15, 0.2) is 28.8 Å². The second kappa shape index (κ2) is 8.81. The first-order chi connectivity index (χ1) is 11.6. The summed E-state index contributed by atoms with van der Waals surface area (Å²) < 4.78 is 9.70. The molecule has 7 nitrogen and oxygen atoms in total. The van der Waals surface area contributed by atoms with Crippen molar-refractivity contribution in [2.75, 3.05) is 13.7 Å². The lowest BCUT2D eigenvalue weighted by atomic mass is 10.1. The lowest BCUT2D eigenvalue weighted by molar-refractivity contribution is -0.140. The number of rotatable bonds is 8. The van der Waals surface area contributed by atoms with Crippen LogP contribution in [0.3, 0.4) is 0 Å². The summed E-state index contributed by atoms with van der Waals surface area (Å²) >= 11 is 0. The van der Waals surface area contributed by atoms with E-state index < -0.39 is 0 Å². The van der Waals surface area contributed by atoms with Gasteiger partial charge in [-0.1, -0.05) is 35.0 Å². The number of aryl methyl sites for hydroxylation is 2. The minimum atomic E-state index is -0.343. The number of aromatic nitrogens is 2. The molecule has 0 bridgehead atoms. The average molecular weight is 331 g/mol. The van der Waals surface area contributed by atoms with Crippen molar-refractivity contribution in [3.05, 3.63) is 35.7 Å². The van der Waals surface area contributed by atoms with Gasteiger partial charge in [0.1, 0.15) is 0 Å². The van der Waals surface area contributed by atoms with Crippen molar-refractivity contribution < 1.29 is 18.8 Å². The number of carbonyl (C=O) groups excluding carboxylic acids is 2. The molecule has 0 aliphatic heterocycles. The zero-order chi connectivity index (χ0) is 17.4. The predicted octanol–water partition coefficient (Wildman–Crippen LogP) is 2.05. The Bertz CT molecular complexity index is 679. The van der Waals surface area contributed by atoms with Crippen molar-refractivity contribution in [1.82, 2.24) is 15.5 Å². The number of nitrogens with one attached hydrogen (secondary N) is 1. The molecule has 128 valence electrons. The maximum absolute atomic E-state index is 11.6. The lowest BCUT2D eigenvalue weighted by Crippen LogP contribution is -2.26. The fourth-order valence-corrected chi connectivity index (χ4v) is 2.07. The Hall–Kier alpha value is -2.70. The Morgan fingerprint density at radius 3 is 2.67 bits per heavy atom. The number of nitrogens with zero attached hydrogens (tertiary/aromatic N) is 2. The van der Waals surface area contributed by atoms with Gasteiger partial charge < -0.3 is 14.6 Å². The van der Waals surface area contributed by atoms with E-state index in [4.69, 9.17) is 4.52 Å². The van der Waals surface area contributed by atoms with Crippen LogP contribution in [0.1, 0.15) is 30.7 Å². The fraction of sp³-hybridized carbons (Fsp3) is 0.412. The normalized spacial score (nSPS) is 10.4. The van der Waals surface area contributed by atoms with Crippen molar-refractivity contribution in [1.29, 1.82) is 0 Å². The molecule has 0 aliphatic rings. The monoisotopic (exact) mass is 331 g/mol. The predicted molar refractivity (Wildman–Crippen MR) is 87.1 cm³/mol. The zero-order valence-electron chi connectivity index (χ0n) is 13.9. The summed E-state index contributed by atoms with van der Waals surface area (Å²) in [6.45, 7) is 2.30. The maximum atomic E-state index is 11.6. The SMILES string of the molecule is COC(=O)CCNC(=O)CCCc1nc(-c2ccc(C)cc2)no1. The molecule has 0 aliphatic carbocycles. The molecular weight excluding hydrogens is 310 g/mol. The molecule has 2 rings (SSSR count). The van der Waals surface area contributed by atoms with E-state index in [1.165, 1.54) is 12.7 Å². The topological polar surface area (TPSA) is 94.3 Å². The molecule has 7 heteroatoms. The second-order valence-corrected chi connectivity index (χ2v) is 5.41. The summed E-state index contributed by atoms with van der Waals surface area (Å²) in [5, 5.41) is 6.62. The smallest absolute Gasteiger partial charge is 0.307 e. The van der Waals surface area contributed by atoms with Crippen LogP contribution in [0.5, 0.6) is 0 Å². The largest absolute Gasteiger partial charge is 0.469 e. The molecule has 1 aromatic heterocycles. The minimum absolute atomic E-state index is 0.114. The van der Waals surface area contributed by atoms with Gasteiger partial charge in [0.2, 0.25) is 17.6 Å². The number of amides is 1. The number of methoxy groups -OCH3 is 1. The van der Waals surface area contributed by atoms with Crippen LogP contribution < -0.4 is 5.32 Å². The van der Waals surface area contributed by atoms with E-state index in [-0.39, 0.29) is 24.8 Å². The van der Waals surface area contributed by atoms with Gasteiger partial charge in [-0.05, 0) is 13.3 Å². The van der Waals surface area contributed by atoms with Crippen LogP contribution >= 0.6 is 0 Å². The van der Waals surface area contributed by atoms with Gasteiger partial charge in [0.05, 0.1) is 13.5 Å². The molecule has 1 aromatic carbocycles. The van der Waals surface area contributed by atoms with Crippen molar-refractivity contribution in [2.45, 2.75) is 32.6 Å². The zero-order valence-corrected chi connectivity index (χ0v) is 13.9. The first kappa shape index (κ1) is 17.7. The van der Waals surface area contributed by atoms with Gasteiger partial charge in [-0.15, -0.1) is 0 Å². The van der Waals surface area contributed by atoms with Gasteiger partial charge in [0, 0.05) is 24.9 Å². The fourth-order valence-electron chi connectivity index (χ4n) is 2.07. The molecule has 1 N–H and O–H groups in total. The number of benzene rings is 1. The van der Waals surface area contributed by atoms with Gasteiger partial charge in [-0.2, -0.15) is 4.98 Å². The summed E-state index contributed by atoms with van der Waals surface area (Å²) in [5.74, 6) is 0.599. The van der Waals surface area contributed by atoms with E-state index >= 15 is 0 Å². The summed E-state index contributed by atoms with van der Waals surface area (Å²) in [4.78, 5) is 26.9. The van der Waals surface area contributed by atoms with E-state index in [2.05, 4.69) is 20.2 Å². The van der Waals surface area contributed by atoms with Crippen molar-refractivity contribution in [2.24, 2.45) is 0 Å². The molecule has 1 heterocycles. The molecule has 0 spiro atoms. The third-order valence-corrected chi connectivity index (χ3v) is 3.45. The van der Waals surface area contributed by atoms with Crippen LogP contribution in [0.25, 0.3) is 11.4 Å². The Balaban J connectivity index is 1.72. The standard InChI is InChI=1S/C17H21N3O4/c1-12-6-8-13(9-7-12)17-19-15(24-20-17)5-3-4-14(21)18-11-10-16(22)23-2/h6-9H,3-5,10-11H2,1-2H3,(H,18,21). The third kappa shape index (κ3) is 5.49. The number of esters is 1. The molecule has 0 unspecified atom stereocenters. The van der Waals surface area contributed by atoms with Gasteiger partial charge >= 0.3 is 5.97 Å². The van der Waals surface area contributed by atoms with E-state index in [0.717, 1.165) is 5.56 Å². The van der Waals surface area contributed by atoms with Crippen molar-refractivity contribution >= 4 is 11.9 Å². The summed E-state index contributed by atoms with van der Waals surface area (Å²) in [5.41, 5.74) is 2.07. The highest BCUT2D eigenvalue weighted by Crippen LogP contribution is 2.16. The van der Waals surface area contributed by atoms with E-state index in [0.29, 0.717) is 31.0 Å². The van der Waals surface area contributed by atoms with Gasteiger partial charge in [0.25, 0.3) is 0 Å². The van der Waals surface area contributed by atoms with Gasteiger partial charge in [0.15, 0.2) is 0 Å². The minimum Gasteiger partial charge on any atom is -0.469 e. The average Bonchev–Trinajstić information content (AvgIpc) is 3.04.